The van der Waals surface area contributed by atoms with Crippen molar-refractivity contribution in [3.63, 3.8) is 0 Å². The molecular formula is C14H26N2O3. The average molecular weight is 270 g/mol. The molecule has 110 valence electrons. The van der Waals surface area contributed by atoms with Crippen molar-refractivity contribution in [3.8, 4) is 0 Å². The highest BCUT2D eigenvalue weighted by molar-refractivity contribution is 5.86. The molecule has 0 bridgehead atoms. The standard InChI is InChI=1S/C14H26N2O3/c1-7-9-15-12(17)11(10(3)8-2)16-13(18)19-14(4,5)6/h7,10-11H,1,8-9H2,2-6H3,(H,15,17)(H,16,18)/t10-,11-/m0/s1. The van der Waals surface area contributed by atoms with E-state index in [0.717, 1.165) is 6.42 Å². The summed E-state index contributed by atoms with van der Waals surface area (Å²) in [4.78, 5) is 23.7. The van der Waals surface area contributed by atoms with E-state index in [1.165, 1.54) is 0 Å². The Hall–Kier alpha value is -1.52. The molecule has 0 aliphatic heterocycles. The van der Waals surface area contributed by atoms with Gasteiger partial charge in [-0.15, -0.1) is 6.58 Å². The molecule has 19 heavy (non-hydrogen) atoms. The van der Waals surface area contributed by atoms with Crippen LogP contribution >= 0.6 is 0 Å². The van der Waals surface area contributed by atoms with Gasteiger partial charge in [-0.1, -0.05) is 26.3 Å². The summed E-state index contributed by atoms with van der Waals surface area (Å²) < 4.78 is 5.17. The first-order chi connectivity index (χ1) is 8.71. The van der Waals surface area contributed by atoms with Crippen molar-refractivity contribution in [1.29, 1.82) is 0 Å². The lowest BCUT2D eigenvalue weighted by Gasteiger charge is -2.26. The largest absolute Gasteiger partial charge is 0.444 e. The monoisotopic (exact) mass is 270 g/mol. The average Bonchev–Trinajstić information content (AvgIpc) is 2.29. The summed E-state index contributed by atoms with van der Waals surface area (Å²) >= 11 is 0. The molecule has 0 aromatic carbocycles. The van der Waals surface area contributed by atoms with Gasteiger partial charge in [-0.05, 0) is 26.7 Å². The van der Waals surface area contributed by atoms with E-state index in [2.05, 4.69) is 17.2 Å². The molecule has 0 saturated carbocycles. The van der Waals surface area contributed by atoms with E-state index >= 15 is 0 Å². The molecule has 0 radical (unpaired) electrons. The molecule has 2 atom stereocenters. The normalized spacial score (nSPS) is 14.2. The fourth-order valence-corrected chi connectivity index (χ4v) is 1.42. The molecule has 0 aromatic heterocycles. The molecule has 0 heterocycles. The zero-order chi connectivity index (χ0) is 15.1. The second-order valence-corrected chi connectivity index (χ2v) is 5.54. The lowest BCUT2D eigenvalue weighted by molar-refractivity contribution is -0.124. The topological polar surface area (TPSA) is 67.4 Å². The summed E-state index contributed by atoms with van der Waals surface area (Å²) in [6.07, 6.45) is 1.80. The molecule has 5 heteroatoms. The Balaban J connectivity index is 4.64. The summed E-state index contributed by atoms with van der Waals surface area (Å²) in [5, 5.41) is 5.31. The van der Waals surface area contributed by atoms with Crippen LogP contribution in [0.15, 0.2) is 12.7 Å². The van der Waals surface area contributed by atoms with Gasteiger partial charge in [-0.25, -0.2) is 4.79 Å². The van der Waals surface area contributed by atoms with Gasteiger partial charge in [0.1, 0.15) is 11.6 Å². The summed E-state index contributed by atoms with van der Waals surface area (Å²) in [6, 6.07) is -0.597. The van der Waals surface area contributed by atoms with Crippen molar-refractivity contribution in [3.05, 3.63) is 12.7 Å². The predicted molar refractivity (Wildman–Crippen MR) is 75.8 cm³/mol. The number of hydrogen-bond donors (Lipinski definition) is 2. The van der Waals surface area contributed by atoms with Crippen LogP contribution in [0.3, 0.4) is 0 Å². The van der Waals surface area contributed by atoms with E-state index in [9.17, 15) is 9.59 Å². The highest BCUT2D eigenvalue weighted by Gasteiger charge is 2.27. The van der Waals surface area contributed by atoms with Crippen LogP contribution in [0, 0.1) is 5.92 Å². The van der Waals surface area contributed by atoms with E-state index in [1.54, 1.807) is 26.8 Å². The molecule has 0 fully saturated rings. The number of hydrogen-bond acceptors (Lipinski definition) is 3. The van der Waals surface area contributed by atoms with Gasteiger partial charge >= 0.3 is 6.09 Å². The number of ether oxygens (including phenoxy) is 1. The van der Waals surface area contributed by atoms with Gasteiger partial charge in [-0.2, -0.15) is 0 Å². The van der Waals surface area contributed by atoms with Crippen LogP contribution in [0.1, 0.15) is 41.0 Å². The minimum Gasteiger partial charge on any atom is -0.444 e. The van der Waals surface area contributed by atoms with Gasteiger partial charge in [0.25, 0.3) is 0 Å². The molecule has 0 aliphatic rings. The van der Waals surface area contributed by atoms with E-state index < -0.39 is 17.7 Å². The lowest BCUT2D eigenvalue weighted by atomic mass is 9.98. The molecule has 2 N–H and O–H groups in total. The number of amides is 2. The van der Waals surface area contributed by atoms with Gasteiger partial charge in [0.15, 0.2) is 0 Å². The zero-order valence-electron chi connectivity index (χ0n) is 12.6. The quantitative estimate of drug-likeness (QED) is 0.727. The number of alkyl carbamates (subject to hydrolysis) is 1. The van der Waals surface area contributed by atoms with Crippen molar-refractivity contribution in [2.75, 3.05) is 6.54 Å². The molecular weight excluding hydrogens is 244 g/mol. The Bertz CT molecular complexity index is 321. The number of carbonyl (C=O) groups is 2. The Kier molecular flexibility index (Phi) is 7.19. The van der Waals surface area contributed by atoms with Crippen LogP contribution in [-0.2, 0) is 9.53 Å². The second kappa shape index (κ2) is 7.81. The minimum absolute atomic E-state index is 0.0253. The molecule has 0 saturated heterocycles. The third-order valence-electron chi connectivity index (χ3n) is 2.59. The van der Waals surface area contributed by atoms with E-state index in [0.29, 0.717) is 6.54 Å². The summed E-state index contributed by atoms with van der Waals surface area (Å²) in [5.74, 6) is -0.197. The fourth-order valence-electron chi connectivity index (χ4n) is 1.42. The molecule has 2 amide bonds. The SMILES string of the molecule is C=CCNC(=O)[C@@H](NC(=O)OC(C)(C)C)[C@@H](C)CC. The minimum atomic E-state index is -0.597. The molecule has 0 unspecified atom stereocenters. The van der Waals surface area contributed by atoms with Crippen LogP contribution < -0.4 is 10.6 Å². The first kappa shape index (κ1) is 17.5. The number of rotatable bonds is 6. The highest BCUT2D eigenvalue weighted by atomic mass is 16.6. The summed E-state index contributed by atoms with van der Waals surface area (Å²) in [5.41, 5.74) is -0.582. The first-order valence-electron chi connectivity index (χ1n) is 6.59. The van der Waals surface area contributed by atoms with Crippen molar-refractivity contribution < 1.29 is 14.3 Å². The fraction of sp³-hybridized carbons (Fsp3) is 0.714. The van der Waals surface area contributed by atoms with Crippen molar-refractivity contribution >= 4 is 12.0 Å². The summed E-state index contributed by atoms with van der Waals surface area (Å²) in [6.45, 7) is 13.1. The maximum Gasteiger partial charge on any atom is 0.408 e. The van der Waals surface area contributed by atoms with Crippen molar-refractivity contribution in [2.45, 2.75) is 52.7 Å². The number of carbonyl (C=O) groups excluding carboxylic acids is 2. The van der Waals surface area contributed by atoms with Crippen LogP contribution in [0.4, 0.5) is 4.79 Å². The van der Waals surface area contributed by atoms with Crippen molar-refractivity contribution in [2.24, 2.45) is 5.92 Å². The van der Waals surface area contributed by atoms with E-state index in [-0.39, 0.29) is 11.8 Å². The van der Waals surface area contributed by atoms with E-state index in [4.69, 9.17) is 4.74 Å². The van der Waals surface area contributed by atoms with Gasteiger partial charge in [0, 0.05) is 6.54 Å². The van der Waals surface area contributed by atoms with Crippen molar-refractivity contribution in [1.82, 2.24) is 10.6 Å². The van der Waals surface area contributed by atoms with Gasteiger partial charge < -0.3 is 15.4 Å². The van der Waals surface area contributed by atoms with Crippen LogP contribution in [0.25, 0.3) is 0 Å². The third-order valence-corrected chi connectivity index (χ3v) is 2.59. The maximum absolute atomic E-state index is 12.0. The highest BCUT2D eigenvalue weighted by Crippen LogP contribution is 2.11. The maximum atomic E-state index is 12.0. The Morgan fingerprint density at radius 1 is 1.37 bits per heavy atom. The van der Waals surface area contributed by atoms with Gasteiger partial charge in [0.2, 0.25) is 5.91 Å². The zero-order valence-corrected chi connectivity index (χ0v) is 12.6. The smallest absolute Gasteiger partial charge is 0.408 e. The Morgan fingerprint density at radius 2 is 1.95 bits per heavy atom. The van der Waals surface area contributed by atoms with Crippen LogP contribution in [-0.4, -0.2) is 30.2 Å². The molecule has 5 nitrogen and oxygen atoms in total. The first-order valence-corrected chi connectivity index (χ1v) is 6.59. The second-order valence-electron chi connectivity index (χ2n) is 5.54. The third kappa shape index (κ3) is 7.49. The van der Waals surface area contributed by atoms with Gasteiger partial charge in [-0.3, -0.25) is 4.79 Å². The van der Waals surface area contributed by atoms with Gasteiger partial charge in [0.05, 0.1) is 0 Å². The molecule has 0 spiro atoms. The molecule has 0 aromatic rings. The van der Waals surface area contributed by atoms with Crippen LogP contribution in [0.2, 0.25) is 0 Å². The molecule has 0 aliphatic carbocycles. The Morgan fingerprint density at radius 3 is 2.37 bits per heavy atom. The lowest BCUT2D eigenvalue weighted by Crippen LogP contribution is -2.51. The number of nitrogens with one attached hydrogen (secondary N) is 2. The molecule has 0 rings (SSSR count). The predicted octanol–water partition coefficient (Wildman–Crippen LogP) is 2.23. The van der Waals surface area contributed by atoms with E-state index in [1.807, 2.05) is 13.8 Å². The van der Waals surface area contributed by atoms with Crippen LogP contribution in [0.5, 0.6) is 0 Å². The Labute approximate surface area is 115 Å². The summed E-state index contributed by atoms with van der Waals surface area (Å²) in [7, 11) is 0.